The van der Waals surface area contributed by atoms with Gasteiger partial charge in [-0.1, -0.05) is 0 Å². The molecule has 3 heterocycles. The Hall–Kier alpha value is -1.27. The number of nitrogens with zero attached hydrogens (tertiary/aromatic N) is 4. The number of fused-ring (bicyclic) bond motifs is 1. The normalized spacial score (nSPS) is 11.2. The van der Waals surface area contributed by atoms with Crippen LogP contribution in [0.15, 0.2) is 28.4 Å². The van der Waals surface area contributed by atoms with E-state index >= 15 is 0 Å². The van der Waals surface area contributed by atoms with Crippen LogP contribution in [0, 0.1) is 0 Å². The predicted molar refractivity (Wildman–Crippen MR) is 72.0 cm³/mol. The molecule has 0 atom stereocenters. The molecule has 0 amide bonds. The van der Waals surface area contributed by atoms with E-state index in [0.717, 1.165) is 31.9 Å². The van der Waals surface area contributed by atoms with Gasteiger partial charge < -0.3 is 4.57 Å². The minimum Gasteiger partial charge on any atom is -0.314 e. The van der Waals surface area contributed by atoms with Crippen molar-refractivity contribution in [3.05, 3.63) is 28.4 Å². The molecule has 0 spiro atoms. The molecule has 4 nitrogen and oxygen atoms in total. The Morgan fingerprint density at radius 3 is 3.00 bits per heavy atom. The van der Waals surface area contributed by atoms with E-state index in [1.807, 2.05) is 17.0 Å². The number of aryl methyl sites for hydroxylation is 1. The lowest BCUT2D eigenvalue weighted by Gasteiger charge is -1.99. The second kappa shape index (κ2) is 4.19. The van der Waals surface area contributed by atoms with Gasteiger partial charge in [0.15, 0.2) is 5.65 Å². The van der Waals surface area contributed by atoms with Crippen molar-refractivity contribution in [3.8, 4) is 10.4 Å². The standard InChI is InChI=1S/C11H9BrN4S/c1-2-16-6-13-10-7(5-14-15-11(10)16)8-3-4-9(12)17-8/h3-6H,2H2,1H3. The SMILES string of the molecule is CCn1cnc2c(-c3ccc(Br)s3)cnnc21. The minimum atomic E-state index is 0.842. The maximum Gasteiger partial charge on any atom is 0.183 e. The van der Waals surface area contributed by atoms with E-state index in [0.29, 0.717) is 0 Å². The molecule has 0 fully saturated rings. The van der Waals surface area contributed by atoms with Gasteiger partial charge in [-0.05, 0) is 35.0 Å². The van der Waals surface area contributed by atoms with Crippen molar-refractivity contribution in [2.45, 2.75) is 13.5 Å². The van der Waals surface area contributed by atoms with Crippen LogP contribution in [0.1, 0.15) is 6.92 Å². The molecule has 0 aliphatic carbocycles. The fourth-order valence-electron chi connectivity index (χ4n) is 1.74. The molecule has 3 aromatic rings. The molecule has 3 rings (SSSR count). The van der Waals surface area contributed by atoms with Crippen molar-refractivity contribution < 1.29 is 0 Å². The van der Waals surface area contributed by atoms with Gasteiger partial charge in [0.25, 0.3) is 0 Å². The topological polar surface area (TPSA) is 43.6 Å². The summed E-state index contributed by atoms with van der Waals surface area (Å²) < 4.78 is 3.10. The Morgan fingerprint density at radius 2 is 2.29 bits per heavy atom. The number of thiophene rings is 1. The van der Waals surface area contributed by atoms with E-state index in [-0.39, 0.29) is 0 Å². The highest BCUT2D eigenvalue weighted by molar-refractivity contribution is 9.11. The van der Waals surface area contributed by atoms with E-state index < -0.39 is 0 Å². The molecule has 0 saturated carbocycles. The van der Waals surface area contributed by atoms with Crippen LogP contribution in [0.2, 0.25) is 0 Å². The van der Waals surface area contributed by atoms with Gasteiger partial charge in [-0.25, -0.2) is 4.98 Å². The van der Waals surface area contributed by atoms with Crippen LogP contribution in [0.25, 0.3) is 21.6 Å². The minimum absolute atomic E-state index is 0.842. The summed E-state index contributed by atoms with van der Waals surface area (Å²) in [6, 6.07) is 4.10. The highest BCUT2D eigenvalue weighted by Crippen LogP contribution is 2.33. The lowest BCUT2D eigenvalue weighted by Crippen LogP contribution is -1.94. The Kier molecular flexibility index (Phi) is 2.68. The summed E-state index contributed by atoms with van der Waals surface area (Å²) in [5.41, 5.74) is 2.80. The Bertz CT molecular complexity index is 673. The number of aromatic nitrogens is 4. The quantitative estimate of drug-likeness (QED) is 0.729. The predicted octanol–water partition coefficient (Wildman–Crippen LogP) is 3.34. The third kappa shape index (κ3) is 1.77. The van der Waals surface area contributed by atoms with Crippen molar-refractivity contribution >= 4 is 38.4 Å². The maximum absolute atomic E-state index is 4.43. The fraction of sp³-hybridized carbons (Fsp3) is 0.182. The third-order valence-corrected chi connectivity index (χ3v) is 4.24. The van der Waals surface area contributed by atoms with Crippen molar-refractivity contribution in [2.75, 3.05) is 0 Å². The van der Waals surface area contributed by atoms with Crippen molar-refractivity contribution in [1.82, 2.24) is 19.7 Å². The fourth-order valence-corrected chi connectivity index (χ4v) is 3.14. The van der Waals surface area contributed by atoms with Crippen molar-refractivity contribution in [3.63, 3.8) is 0 Å². The molecule has 17 heavy (non-hydrogen) atoms. The zero-order valence-corrected chi connectivity index (χ0v) is 11.5. The maximum atomic E-state index is 4.43. The van der Waals surface area contributed by atoms with Crippen LogP contribution in [0.4, 0.5) is 0 Å². The zero-order valence-electron chi connectivity index (χ0n) is 9.09. The number of imidazole rings is 1. The third-order valence-electron chi connectivity index (χ3n) is 2.58. The summed E-state index contributed by atoms with van der Waals surface area (Å²) >= 11 is 5.14. The average molecular weight is 309 g/mol. The van der Waals surface area contributed by atoms with E-state index in [9.17, 15) is 0 Å². The lowest BCUT2D eigenvalue weighted by molar-refractivity contribution is 0.771. The highest BCUT2D eigenvalue weighted by atomic mass is 79.9. The number of hydrogen-bond acceptors (Lipinski definition) is 4. The molecule has 6 heteroatoms. The van der Waals surface area contributed by atoms with Crippen molar-refractivity contribution in [2.24, 2.45) is 0 Å². The second-order valence-electron chi connectivity index (χ2n) is 3.56. The summed E-state index contributed by atoms with van der Waals surface area (Å²) in [4.78, 5) is 5.58. The molecule has 3 aromatic heterocycles. The molecule has 0 N–H and O–H groups in total. The van der Waals surface area contributed by atoms with E-state index in [4.69, 9.17) is 0 Å². The summed E-state index contributed by atoms with van der Waals surface area (Å²) in [7, 11) is 0. The first kappa shape index (κ1) is 10.9. The monoisotopic (exact) mass is 308 g/mol. The summed E-state index contributed by atoms with van der Waals surface area (Å²) in [5, 5.41) is 8.21. The first-order valence-corrected chi connectivity index (χ1v) is 6.82. The van der Waals surface area contributed by atoms with E-state index in [2.05, 4.69) is 44.1 Å². The van der Waals surface area contributed by atoms with Gasteiger partial charge in [-0.2, -0.15) is 5.10 Å². The number of rotatable bonds is 2. The molecule has 0 aliphatic rings. The molecule has 0 aliphatic heterocycles. The van der Waals surface area contributed by atoms with Crippen LogP contribution in [-0.2, 0) is 6.54 Å². The first-order valence-electron chi connectivity index (χ1n) is 5.22. The molecule has 86 valence electrons. The van der Waals surface area contributed by atoms with Crippen LogP contribution in [0.5, 0.6) is 0 Å². The Balaban J connectivity index is 2.26. The van der Waals surface area contributed by atoms with Gasteiger partial charge in [0.05, 0.1) is 16.3 Å². The lowest BCUT2D eigenvalue weighted by atomic mass is 10.2. The molecule has 0 saturated heterocycles. The summed E-state index contributed by atoms with van der Waals surface area (Å²) in [6.45, 7) is 2.92. The smallest absolute Gasteiger partial charge is 0.183 e. The second-order valence-corrected chi connectivity index (χ2v) is 6.03. The molecule has 0 aromatic carbocycles. The van der Waals surface area contributed by atoms with Crippen LogP contribution < -0.4 is 0 Å². The van der Waals surface area contributed by atoms with Gasteiger partial charge >= 0.3 is 0 Å². The van der Waals surface area contributed by atoms with Gasteiger partial charge in [0.1, 0.15) is 5.52 Å². The summed E-state index contributed by atoms with van der Waals surface area (Å²) in [6.07, 6.45) is 3.58. The molecular formula is C11H9BrN4S. The molecule has 0 unspecified atom stereocenters. The van der Waals surface area contributed by atoms with Gasteiger partial charge in [-0.15, -0.1) is 16.4 Å². The van der Waals surface area contributed by atoms with E-state index in [1.54, 1.807) is 17.5 Å². The van der Waals surface area contributed by atoms with Gasteiger partial charge in [0, 0.05) is 17.0 Å². The summed E-state index contributed by atoms with van der Waals surface area (Å²) in [5.74, 6) is 0. The molecule has 0 bridgehead atoms. The number of hydrogen-bond donors (Lipinski definition) is 0. The van der Waals surface area contributed by atoms with Crippen LogP contribution in [0.3, 0.4) is 0 Å². The first-order chi connectivity index (χ1) is 8.29. The zero-order chi connectivity index (χ0) is 11.8. The molecule has 0 radical (unpaired) electrons. The highest BCUT2D eigenvalue weighted by Gasteiger charge is 2.11. The molecular weight excluding hydrogens is 300 g/mol. The van der Waals surface area contributed by atoms with Gasteiger partial charge in [0.2, 0.25) is 0 Å². The largest absolute Gasteiger partial charge is 0.314 e. The van der Waals surface area contributed by atoms with E-state index in [1.165, 1.54) is 0 Å². The van der Waals surface area contributed by atoms with Gasteiger partial charge in [-0.3, -0.25) is 0 Å². The van der Waals surface area contributed by atoms with Crippen molar-refractivity contribution in [1.29, 1.82) is 0 Å². The Labute approximate surface area is 110 Å². The van der Waals surface area contributed by atoms with Crippen LogP contribution in [-0.4, -0.2) is 19.7 Å². The van der Waals surface area contributed by atoms with Crippen LogP contribution >= 0.6 is 27.3 Å². The average Bonchev–Trinajstić information content (AvgIpc) is 2.94. The Morgan fingerprint density at radius 1 is 1.41 bits per heavy atom. The number of halogens is 1.